The fourth-order valence-electron chi connectivity index (χ4n) is 2.72. The van der Waals surface area contributed by atoms with Crippen LogP contribution in [-0.2, 0) is 6.61 Å². The van der Waals surface area contributed by atoms with Crippen molar-refractivity contribution in [2.45, 2.75) is 20.5 Å². The topological polar surface area (TPSA) is 65.9 Å². The van der Waals surface area contributed by atoms with Gasteiger partial charge in [0.25, 0.3) is 5.56 Å². The van der Waals surface area contributed by atoms with Gasteiger partial charge in [-0.15, -0.1) is 0 Å². The molecule has 4 nitrogen and oxygen atoms in total. The van der Waals surface area contributed by atoms with E-state index in [1.54, 1.807) is 13.0 Å². The van der Waals surface area contributed by atoms with Gasteiger partial charge in [-0.25, -0.2) is 0 Å². The molecular formula is C21H18N2O2. The number of hydrogen-bond acceptors (Lipinski definition) is 3. The van der Waals surface area contributed by atoms with Crippen LogP contribution in [0.4, 0.5) is 0 Å². The fourth-order valence-corrected chi connectivity index (χ4v) is 2.72. The molecule has 124 valence electrons. The summed E-state index contributed by atoms with van der Waals surface area (Å²) in [5, 5.41) is 9.39. The predicted octanol–water partition coefficient (Wildman–Crippen LogP) is 4.11. The van der Waals surface area contributed by atoms with Crippen LogP contribution in [0.3, 0.4) is 0 Å². The molecule has 4 heteroatoms. The molecule has 0 radical (unpaired) electrons. The first-order valence-electron chi connectivity index (χ1n) is 8.00. The van der Waals surface area contributed by atoms with Crippen molar-refractivity contribution in [1.82, 2.24) is 4.98 Å². The van der Waals surface area contributed by atoms with Crippen LogP contribution in [0.25, 0.3) is 11.1 Å². The Bertz CT molecular complexity index is 999. The number of aromatic nitrogens is 1. The Morgan fingerprint density at radius 1 is 1.04 bits per heavy atom. The second kappa shape index (κ2) is 7.06. The molecule has 0 fully saturated rings. The number of nitrogens with zero attached hydrogens (tertiary/aromatic N) is 1. The minimum absolute atomic E-state index is 0.0963. The number of H-pyrrole nitrogens is 1. The Labute approximate surface area is 146 Å². The van der Waals surface area contributed by atoms with Gasteiger partial charge in [0.2, 0.25) is 0 Å². The van der Waals surface area contributed by atoms with E-state index >= 15 is 0 Å². The molecule has 3 rings (SSSR count). The monoisotopic (exact) mass is 330 g/mol. The van der Waals surface area contributed by atoms with Crippen LogP contribution in [0, 0.1) is 25.2 Å². The zero-order valence-corrected chi connectivity index (χ0v) is 14.2. The standard InChI is InChI=1S/C21H18N2O2/c1-14-8-9-17(18-11-15(2)23-21(24)19(18)12-22)20(10-14)25-13-16-6-4-3-5-7-16/h3-11H,13H2,1-2H3,(H,23,24). The lowest BCUT2D eigenvalue weighted by molar-refractivity contribution is 0.307. The summed E-state index contributed by atoms with van der Waals surface area (Å²) in [4.78, 5) is 14.8. The number of nitrogens with one attached hydrogen (secondary N) is 1. The van der Waals surface area contributed by atoms with Crippen LogP contribution in [0.5, 0.6) is 5.75 Å². The number of pyridine rings is 1. The summed E-state index contributed by atoms with van der Waals surface area (Å²) >= 11 is 0. The number of hydrogen-bond donors (Lipinski definition) is 1. The molecular weight excluding hydrogens is 312 g/mol. The average Bonchev–Trinajstić information content (AvgIpc) is 2.60. The number of benzene rings is 2. The molecule has 1 N–H and O–H groups in total. The molecule has 2 aromatic carbocycles. The zero-order valence-electron chi connectivity index (χ0n) is 14.2. The summed E-state index contributed by atoms with van der Waals surface area (Å²) in [6.07, 6.45) is 0. The Morgan fingerprint density at radius 2 is 1.80 bits per heavy atom. The van der Waals surface area contributed by atoms with E-state index in [1.807, 2.05) is 61.5 Å². The smallest absolute Gasteiger partial charge is 0.266 e. The van der Waals surface area contributed by atoms with Crippen molar-refractivity contribution in [3.05, 3.63) is 87.3 Å². The van der Waals surface area contributed by atoms with Crippen LogP contribution in [-0.4, -0.2) is 4.98 Å². The maximum atomic E-state index is 12.1. The minimum Gasteiger partial charge on any atom is -0.488 e. The largest absolute Gasteiger partial charge is 0.488 e. The van der Waals surface area contributed by atoms with Gasteiger partial charge in [-0.3, -0.25) is 4.79 Å². The first kappa shape index (κ1) is 16.5. The zero-order chi connectivity index (χ0) is 17.8. The van der Waals surface area contributed by atoms with Gasteiger partial charge in [-0.1, -0.05) is 42.5 Å². The molecule has 0 saturated heterocycles. The van der Waals surface area contributed by atoms with Crippen molar-refractivity contribution in [3.63, 3.8) is 0 Å². The second-order valence-corrected chi connectivity index (χ2v) is 5.96. The van der Waals surface area contributed by atoms with Gasteiger partial charge in [0.15, 0.2) is 0 Å². The Balaban J connectivity index is 2.06. The molecule has 1 aromatic heterocycles. The summed E-state index contributed by atoms with van der Waals surface area (Å²) in [6.45, 7) is 4.19. The van der Waals surface area contributed by atoms with Gasteiger partial charge in [0.05, 0.1) is 0 Å². The highest BCUT2D eigenvalue weighted by molar-refractivity contribution is 5.76. The van der Waals surface area contributed by atoms with Crippen LogP contribution < -0.4 is 10.3 Å². The van der Waals surface area contributed by atoms with Crippen molar-refractivity contribution in [2.24, 2.45) is 0 Å². The average molecular weight is 330 g/mol. The molecule has 25 heavy (non-hydrogen) atoms. The van der Waals surface area contributed by atoms with Crippen molar-refractivity contribution in [3.8, 4) is 22.9 Å². The molecule has 0 amide bonds. The van der Waals surface area contributed by atoms with Crippen molar-refractivity contribution in [2.75, 3.05) is 0 Å². The van der Waals surface area contributed by atoms with Crippen LogP contribution >= 0.6 is 0 Å². The fraction of sp³-hybridized carbons (Fsp3) is 0.143. The normalized spacial score (nSPS) is 10.3. The lowest BCUT2D eigenvalue weighted by Crippen LogP contribution is -2.13. The van der Waals surface area contributed by atoms with E-state index in [0.717, 1.165) is 16.7 Å². The van der Waals surface area contributed by atoms with Crippen LogP contribution in [0.15, 0.2) is 59.4 Å². The maximum Gasteiger partial charge on any atom is 0.266 e. The SMILES string of the molecule is Cc1ccc(-c2cc(C)[nH]c(=O)c2C#N)c(OCc2ccccc2)c1. The Morgan fingerprint density at radius 3 is 2.52 bits per heavy atom. The lowest BCUT2D eigenvalue weighted by atomic mass is 9.99. The quantitative estimate of drug-likeness (QED) is 0.783. The third-order valence-electron chi connectivity index (χ3n) is 3.94. The summed E-state index contributed by atoms with van der Waals surface area (Å²) in [5.74, 6) is 0.658. The number of nitriles is 1. The van der Waals surface area contributed by atoms with Gasteiger partial charge >= 0.3 is 0 Å². The molecule has 0 aliphatic carbocycles. The third kappa shape index (κ3) is 3.61. The summed E-state index contributed by atoms with van der Waals surface area (Å²) in [7, 11) is 0. The Kier molecular flexibility index (Phi) is 4.67. The molecule has 0 saturated carbocycles. The highest BCUT2D eigenvalue weighted by Crippen LogP contribution is 2.33. The van der Waals surface area contributed by atoms with Crippen molar-refractivity contribution < 1.29 is 4.74 Å². The molecule has 0 spiro atoms. The minimum atomic E-state index is -0.382. The van der Waals surface area contributed by atoms with Gasteiger partial charge in [0.1, 0.15) is 24.0 Å². The number of aryl methyl sites for hydroxylation is 2. The van der Waals surface area contributed by atoms with Crippen molar-refractivity contribution in [1.29, 1.82) is 5.26 Å². The molecule has 3 aromatic rings. The number of rotatable bonds is 4. The Hall–Kier alpha value is -3.32. The second-order valence-electron chi connectivity index (χ2n) is 5.96. The number of ether oxygens (including phenoxy) is 1. The van der Waals surface area contributed by atoms with E-state index in [4.69, 9.17) is 4.74 Å². The van der Waals surface area contributed by atoms with Gasteiger partial charge in [-0.2, -0.15) is 5.26 Å². The maximum absolute atomic E-state index is 12.1. The first-order chi connectivity index (χ1) is 12.1. The van der Waals surface area contributed by atoms with E-state index in [1.165, 1.54) is 0 Å². The molecule has 0 aliphatic heterocycles. The highest BCUT2D eigenvalue weighted by atomic mass is 16.5. The molecule has 0 aliphatic rings. The van der Waals surface area contributed by atoms with Gasteiger partial charge in [0, 0.05) is 16.8 Å². The molecule has 0 bridgehead atoms. The van der Waals surface area contributed by atoms with Crippen molar-refractivity contribution >= 4 is 0 Å². The van der Waals surface area contributed by atoms with E-state index in [-0.39, 0.29) is 11.1 Å². The van der Waals surface area contributed by atoms with Gasteiger partial charge < -0.3 is 9.72 Å². The summed E-state index contributed by atoms with van der Waals surface area (Å²) in [5.41, 5.74) is 3.85. The molecule has 0 atom stereocenters. The summed E-state index contributed by atoms with van der Waals surface area (Å²) in [6, 6.07) is 19.4. The van der Waals surface area contributed by atoms with Crippen LogP contribution in [0.2, 0.25) is 0 Å². The van der Waals surface area contributed by atoms with E-state index in [9.17, 15) is 10.1 Å². The first-order valence-corrected chi connectivity index (χ1v) is 8.00. The van der Waals surface area contributed by atoms with Crippen LogP contribution in [0.1, 0.15) is 22.4 Å². The predicted molar refractivity (Wildman–Crippen MR) is 97.5 cm³/mol. The van der Waals surface area contributed by atoms with Gasteiger partial charge in [-0.05, 0) is 37.1 Å². The van der Waals surface area contributed by atoms with E-state index < -0.39 is 0 Å². The number of aromatic amines is 1. The lowest BCUT2D eigenvalue weighted by Gasteiger charge is -2.14. The summed E-state index contributed by atoms with van der Waals surface area (Å²) < 4.78 is 6.02. The molecule has 1 heterocycles. The van der Waals surface area contributed by atoms with E-state index in [2.05, 4.69) is 4.98 Å². The third-order valence-corrected chi connectivity index (χ3v) is 3.94. The highest BCUT2D eigenvalue weighted by Gasteiger charge is 2.15. The van der Waals surface area contributed by atoms with E-state index in [0.29, 0.717) is 23.6 Å². The molecule has 0 unspecified atom stereocenters.